The van der Waals surface area contributed by atoms with Gasteiger partial charge in [0, 0.05) is 50.7 Å². The molecule has 1 aliphatic heterocycles. The quantitative estimate of drug-likeness (QED) is 0.641. The van der Waals surface area contributed by atoms with Gasteiger partial charge in [-0.15, -0.1) is 0 Å². The number of hydrazone groups is 1. The van der Waals surface area contributed by atoms with Crippen LogP contribution in [0.3, 0.4) is 0 Å². The fraction of sp³-hybridized carbons (Fsp3) is 0.375. The number of carbonyl (C=O) groups excluding carboxylic acids is 1. The molecule has 1 atom stereocenters. The zero-order valence-electron chi connectivity index (χ0n) is 18.9. The fourth-order valence-corrected chi connectivity index (χ4v) is 3.65. The van der Waals surface area contributed by atoms with Gasteiger partial charge in [0.1, 0.15) is 11.5 Å². The van der Waals surface area contributed by atoms with Crippen LogP contribution in [0.25, 0.3) is 0 Å². The topological polar surface area (TPSA) is 91.7 Å². The first-order chi connectivity index (χ1) is 15.3. The highest BCUT2D eigenvalue weighted by Gasteiger charge is 2.33. The van der Waals surface area contributed by atoms with Gasteiger partial charge in [-0.25, -0.2) is 5.01 Å². The van der Waals surface area contributed by atoms with Crippen LogP contribution in [0.15, 0.2) is 47.6 Å². The summed E-state index contributed by atoms with van der Waals surface area (Å²) in [4.78, 5) is 25.8. The third-order valence-electron chi connectivity index (χ3n) is 5.43. The largest absolute Gasteiger partial charge is 0.497 e. The smallest absolute Gasteiger partial charge is 0.303 e. The lowest BCUT2D eigenvalue weighted by atomic mass is 9.97. The second kappa shape index (κ2) is 10.2. The lowest BCUT2D eigenvalue weighted by Gasteiger charge is -2.23. The molecule has 2 aromatic rings. The number of carboxylic acid groups (broad SMARTS) is 1. The number of aliphatic carboxylic acids is 1. The second-order valence-corrected chi connectivity index (χ2v) is 7.84. The van der Waals surface area contributed by atoms with Crippen molar-refractivity contribution in [2.24, 2.45) is 5.10 Å². The molecular formula is C24H29N3O5. The number of hydrogen-bond donors (Lipinski definition) is 1. The Morgan fingerprint density at radius 2 is 1.69 bits per heavy atom. The summed E-state index contributed by atoms with van der Waals surface area (Å²) in [6, 6.07) is 13.3. The molecule has 8 nitrogen and oxygen atoms in total. The highest BCUT2D eigenvalue weighted by atomic mass is 16.5. The Bertz CT molecular complexity index is 979. The molecule has 0 saturated heterocycles. The number of amides is 1. The molecule has 0 bridgehead atoms. The number of ether oxygens (including phenoxy) is 2. The Morgan fingerprint density at radius 3 is 2.22 bits per heavy atom. The molecular weight excluding hydrogens is 410 g/mol. The van der Waals surface area contributed by atoms with Gasteiger partial charge in [0.25, 0.3) is 0 Å². The molecule has 1 heterocycles. The molecule has 32 heavy (non-hydrogen) atoms. The average molecular weight is 440 g/mol. The van der Waals surface area contributed by atoms with E-state index < -0.39 is 5.97 Å². The van der Waals surface area contributed by atoms with E-state index in [1.54, 1.807) is 20.3 Å². The Morgan fingerprint density at radius 1 is 1.06 bits per heavy atom. The van der Waals surface area contributed by atoms with Crippen LogP contribution in [-0.2, 0) is 9.59 Å². The highest BCUT2D eigenvalue weighted by Crippen LogP contribution is 2.35. The van der Waals surface area contributed by atoms with Gasteiger partial charge in [-0.2, -0.15) is 5.10 Å². The number of benzene rings is 2. The van der Waals surface area contributed by atoms with E-state index in [1.807, 2.05) is 55.4 Å². The van der Waals surface area contributed by atoms with E-state index in [0.717, 1.165) is 22.5 Å². The first-order valence-electron chi connectivity index (χ1n) is 10.4. The van der Waals surface area contributed by atoms with E-state index in [0.29, 0.717) is 17.9 Å². The molecule has 0 aromatic heterocycles. The number of carbonyl (C=O) groups is 2. The van der Waals surface area contributed by atoms with Crippen LogP contribution in [0.5, 0.6) is 11.5 Å². The maximum absolute atomic E-state index is 13.0. The van der Waals surface area contributed by atoms with Crippen molar-refractivity contribution in [1.82, 2.24) is 5.01 Å². The SMILES string of the molecule is COc1cc(OC)cc(C2=NN(C(=O)CCCC(=O)O)[C@H](c3ccc(N(C)C)cc3)C2)c1. The molecule has 0 unspecified atom stereocenters. The molecule has 1 amide bonds. The predicted molar refractivity (Wildman–Crippen MR) is 123 cm³/mol. The standard InChI is InChI=1S/C24H29N3O5/c1-26(2)18-10-8-16(9-11-18)22-15-21(17-12-19(31-3)14-20(13-17)32-4)25-27(22)23(28)6-5-7-24(29)30/h8-14,22H,5-7,15H2,1-4H3,(H,29,30)/t22-/m0/s1. The molecule has 1 N–H and O–H groups in total. The number of nitrogens with zero attached hydrogens (tertiary/aromatic N) is 3. The number of anilines is 1. The zero-order valence-corrected chi connectivity index (χ0v) is 18.9. The van der Waals surface area contributed by atoms with Crippen molar-refractivity contribution >= 4 is 23.3 Å². The van der Waals surface area contributed by atoms with Crippen LogP contribution in [0.4, 0.5) is 5.69 Å². The lowest BCUT2D eigenvalue weighted by molar-refractivity contribution is -0.137. The van der Waals surface area contributed by atoms with Crippen LogP contribution in [0.1, 0.15) is 42.9 Å². The summed E-state index contributed by atoms with van der Waals surface area (Å²) < 4.78 is 10.8. The maximum Gasteiger partial charge on any atom is 0.303 e. The summed E-state index contributed by atoms with van der Waals surface area (Å²) in [6.45, 7) is 0. The number of carboxylic acids is 1. The van der Waals surface area contributed by atoms with E-state index in [9.17, 15) is 9.59 Å². The normalized spacial score (nSPS) is 15.3. The molecule has 0 aliphatic carbocycles. The molecule has 2 aromatic carbocycles. The van der Waals surface area contributed by atoms with E-state index >= 15 is 0 Å². The molecule has 0 fully saturated rings. The molecule has 8 heteroatoms. The van der Waals surface area contributed by atoms with E-state index in [-0.39, 0.29) is 31.2 Å². The molecule has 0 saturated carbocycles. The summed E-state index contributed by atoms with van der Waals surface area (Å²) in [5, 5.41) is 15.0. The van der Waals surface area contributed by atoms with Crippen LogP contribution < -0.4 is 14.4 Å². The Labute approximate surface area is 188 Å². The molecule has 3 rings (SSSR count). The van der Waals surface area contributed by atoms with Crippen molar-refractivity contribution < 1.29 is 24.2 Å². The van der Waals surface area contributed by atoms with Gasteiger partial charge in [0.15, 0.2) is 0 Å². The third kappa shape index (κ3) is 5.38. The first kappa shape index (κ1) is 23.1. The Kier molecular flexibility index (Phi) is 7.35. The van der Waals surface area contributed by atoms with E-state index in [4.69, 9.17) is 14.6 Å². The van der Waals surface area contributed by atoms with Crippen LogP contribution >= 0.6 is 0 Å². The second-order valence-electron chi connectivity index (χ2n) is 7.84. The molecule has 1 aliphatic rings. The monoisotopic (exact) mass is 439 g/mol. The van der Waals surface area contributed by atoms with E-state index in [2.05, 4.69) is 5.10 Å². The van der Waals surface area contributed by atoms with Gasteiger partial charge < -0.3 is 19.5 Å². The van der Waals surface area contributed by atoms with Gasteiger partial charge in [-0.1, -0.05) is 12.1 Å². The van der Waals surface area contributed by atoms with Crippen molar-refractivity contribution in [3.63, 3.8) is 0 Å². The molecule has 0 spiro atoms. The summed E-state index contributed by atoms with van der Waals surface area (Å²) in [6.07, 6.45) is 0.874. The minimum absolute atomic E-state index is 0.0502. The van der Waals surface area contributed by atoms with Gasteiger partial charge in [-0.3, -0.25) is 9.59 Å². The zero-order chi connectivity index (χ0) is 23.3. The minimum Gasteiger partial charge on any atom is -0.497 e. The molecule has 0 radical (unpaired) electrons. The summed E-state index contributed by atoms with van der Waals surface area (Å²) in [7, 11) is 7.12. The summed E-state index contributed by atoms with van der Waals surface area (Å²) in [5.74, 6) is 0.167. The lowest BCUT2D eigenvalue weighted by Crippen LogP contribution is -2.27. The van der Waals surface area contributed by atoms with Gasteiger partial charge in [-0.05, 0) is 36.2 Å². The van der Waals surface area contributed by atoms with Crippen molar-refractivity contribution in [3.05, 3.63) is 53.6 Å². The fourth-order valence-electron chi connectivity index (χ4n) is 3.65. The summed E-state index contributed by atoms with van der Waals surface area (Å²) >= 11 is 0. The van der Waals surface area contributed by atoms with Crippen LogP contribution in [0, 0.1) is 0 Å². The van der Waals surface area contributed by atoms with Gasteiger partial charge in [0.2, 0.25) is 5.91 Å². The third-order valence-corrected chi connectivity index (χ3v) is 5.43. The average Bonchev–Trinajstić information content (AvgIpc) is 3.24. The highest BCUT2D eigenvalue weighted by molar-refractivity contribution is 6.03. The Balaban J connectivity index is 1.92. The number of hydrogen-bond acceptors (Lipinski definition) is 6. The number of rotatable bonds is 9. The predicted octanol–water partition coefficient (Wildman–Crippen LogP) is 3.70. The minimum atomic E-state index is -0.914. The van der Waals surface area contributed by atoms with E-state index in [1.165, 1.54) is 5.01 Å². The van der Waals surface area contributed by atoms with Gasteiger partial charge in [0.05, 0.1) is 26.0 Å². The van der Waals surface area contributed by atoms with Crippen LogP contribution in [-0.4, -0.2) is 56.0 Å². The van der Waals surface area contributed by atoms with Crippen molar-refractivity contribution in [2.45, 2.75) is 31.7 Å². The number of methoxy groups -OCH3 is 2. The Hall–Kier alpha value is -3.55. The van der Waals surface area contributed by atoms with Crippen molar-refractivity contribution in [3.8, 4) is 11.5 Å². The van der Waals surface area contributed by atoms with Gasteiger partial charge >= 0.3 is 5.97 Å². The van der Waals surface area contributed by atoms with Crippen molar-refractivity contribution in [1.29, 1.82) is 0 Å². The molecule has 170 valence electrons. The van der Waals surface area contributed by atoms with Crippen LogP contribution in [0.2, 0.25) is 0 Å². The first-order valence-corrected chi connectivity index (χ1v) is 10.4. The summed E-state index contributed by atoms with van der Waals surface area (Å²) in [5.41, 5.74) is 3.59. The maximum atomic E-state index is 13.0. The van der Waals surface area contributed by atoms with Crippen molar-refractivity contribution in [2.75, 3.05) is 33.2 Å².